The van der Waals surface area contributed by atoms with Crippen LogP contribution in [0.4, 0.5) is 0 Å². The summed E-state index contributed by atoms with van der Waals surface area (Å²) in [6.07, 6.45) is 0. The zero-order valence-corrected chi connectivity index (χ0v) is 21.0. The molecule has 0 spiro atoms. The second-order valence-corrected chi connectivity index (χ2v) is 10.6. The molecule has 7 rings (SSSR count). The lowest BCUT2D eigenvalue weighted by atomic mass is 9.82. The third-order valence-electron chi connectivity index (χ3n) is 7.51. The molecular weight excluding hydrogens is 456 g/mol. The van der Waals surface area contributed by atoms with Crippen LogP contribution in [0, 0.1) is 0 Å². The molecule has 1 aliphatic carbocycles. The molecule has 1 aliphatic rings. The molecule has 0 saturated carbocycles. The molecule has 1 heterocycles. The Morgan fingerprint density at radius 3 is 2.00 bits per heavy atom. The van der Waals surface area contributed by atoms with E-state index < -0.39 is 0 Å². The Morgan fingerprint density at radius 1 is 0.556 bits per heavy atom. The largest absolute Gasteiger partial charge is 0.215 e. The van der Waals surface area contributed by atoms with Gasteiger partial charge in [0.05, 0.1) is 0 Å². The second kappa shape index (κ2) is 7.97. The van der Waals surface area contributed by atoms with E-state index in [2.05, 4.69) is 123 Å². The quantitative estimate of drug-likeness (QED) is 0.252. The van der Waals surface area contributed by atoms with Crippen molar-refractivity contribution in [1.82, 2.24) is 9.36 Å². The molecule has 0 radical (unpaired) electrons. The van der Waals surface area contributed by atoms with Gasteiger partial charge in [-0.05, 0) is 55.7 Å². The molecule has 0 amide bonds. The highest BCUT2D eigenvalue weighted by Crippen LogP contribution is 2.51. The summed E-state index contributed by atoms with van der Waals surface area (Å²) in [5, 5.41) is 3.38. The number of hydrogen-bond donors (Lipinski definition) is 0. The molecule has 172 valence electrons. The van der Waals surface area contributed by atoms with Crippen LogP contribution in [0.2, 0.25) is 0 Å². The number of aromatic nitrogens is 2. The first kappa shape index (κ1) is 21.2. The summed E-state index contributed by atoms with van der Waals surface area (Å²) in [4.78, 5) is 5.11. The highest BCUT2D eigenvalue weighted by molar-refractivity contribution is 7.09. The third kappa shape index (κ3) is 3.09. The maximum atomic E-state index is 5.11. The molecule has 0 aliphatic heterocycles. The van der Waals surface area contributed by atoms with Crippen LogP contribution in [0.15, 0.2) is 109 Å². The van der Waals surface area contributed by atoms with E-state index in [1.54, 1.807) is 0 Å². The Bertz CT molecular complexity index is 1760. The Morgan fingerprint density at radius 2 is 1.17 bits per heavy atom. The van der Waals surface area contributed by atoms with E-state index in [0.717, 1.165) is 22.0 Å². The van der Waals surface area contributed by atoms with Crippen molar-refractivity contribution >= 4 is 22.3 Å². The number of benzene rings is 5. The molecule has 0 bridgehead atoms. The molecule has 6 aromatic rings. The Labute approximate surface area is 215 Å². The lowest BCUT2D eigenvalue weighted by molar-refractivity contribution is 0.660. The molecule has 0 saturated heterocycles. The molecule has 2 nitrogen and oxygen atoms in total. The van der Waals surface area contributed by atoms with Crippen LogP contribution >= 0.6 is 11.5 Å². The van der Waals surface area contributed by atoms with Crippen LogP contribution in [-0.2, 0) is 5.41 Å². The van der Waals surface area contributed by atoms with Crippen molar-refractivity contribution in [2.75, 3.05) is 0 Å². The van der Waals surface area contributed by atoms with Gasteiger partial charge >= 0.3 is 0 Å². The summed E-state index contributed by atoms with van der Waals surface area (Å²) in [7, 11) is 0. The average Bonchev–Trinajstić information content (AvgIpc) is 3.50. The predicted molar refractivity (Wildman–Crippen MR) is 151 cm³/mol. The van der Waals surface area contributed by atoms with Crippen molar-refractivity contribution in [3.05, 3.63) is 120 Å². The SMILES string of the molecule is CC1(C)c2ccccc2-c2c(-c3nsc(-c4cccc5c(-c6ccccc6)cccc45)n3)cccc21. The normalized spacial score (nSPS) is 13.5. The van der Waals surface area contributed by atoms with E-state index in [1.165, 1.54) is 55.7 Å². The second-order valence-electron chi connectivity index (χ2n) is 9.89. The van der Waals surface area contributed by atoms with Gasteiger partial charge < -0.3 is 0 Å². The van der Waals surface area contributed by atoms with Crippen LogP contribution in [0.5, 0.6) is 0 Å². The first-order chi connectivity index (χ1) is 17.6. The average molecular weight is 481 g/mol. The topological polar surface area (TPSA) is 25.8 Å². The van der Waals surface area contributed by atoms with Gasteiger partial charge in [0.1, 0.15) is 5.01 Å². The first-order valence-corrected chi connectivity index (χ1v) is 13.1. The zero-order chi connectivity index (χ0) is 24.3. The van der Waals surface area contributed by atoms with Crippen LogP contribution in [0.25, 0.3) is 55.0 Å². The molecule has 0 N–H and O–H groups in total. The number of rotatable bonds is 3. The molecule has 0 fully saturated rings. The van der Waals surface area contributed by atoms with Crippen molar-refractivity contribution in [2.45, 2.75) is 19.3 Å². The summed E-state index contributed by atoms with van der Waals surface area (Å²) in [6.45, 7) is 4.61. The van der Waals surface area contributed by atoms with E-state index in [-0.39, 0.29) is 5.41 Å². The fourth-order valence-electron chi connectivity index (χ4n) is 5.75. The van der Waals surface area contributed by atoms with E-state index in [0.29, 0.717) is 0 Å². The lowest BCUT2D eigenvalue weighted by Gasteiger charge is -2.21. The minimum atomic E-state index is -0.0374. The molecule has 1 aromatic heterocycles. The van der Waals surface area contributed by atoms with Crippen molar-refractivity contribution in [2.24, 2.45) is 0 Å². The fraction of sp³-hybridized carbons (Fsp3) is 0.0909. The molecule has 0 atom stereocenters. The smallest absolute Gasteiger partial charge is 0.174 e. The minimum Gasteiger partial charge on any atom is -0.215 e. The summed E-state index contributed by atoms with van der Waals surface area (Å²) in [6, 6.07) is 38.9. The molecule has 5 aromatic carbocycles. The van der Waals surface area contributed by atoms with E-state index >= 15 is 0 Å². The fourth-order valence-corrected chi connectivity index (χ4v) is 6.46. The molecular formula is C33H24N2S. The van der Waals surface area contributed by atoms with Gasteiger partial charge in [0.2, 0.25) is 0 Å². The molecule has 36 heavy (non-hydrogen) atoms. The van der Waals surface area contributed by atoms with E-state index in [9.17, 15) is 0 Å². The zero-order valence-electron chi connectivity index (χ0n) is 20.2. The van der Waals surface area contributed by atoms with Gasteiger partial charge in [-0.25, -0.2) is 4.98 Å². The number of nitrogens with zero attached hydrogens (tertiary/aromatic N) is 2. The van der Waals surface area contributed by atoms with Gasteiger partial charge in [0.25, 0.3) is 0 Å². The van der Waals surface area contributed by atoms with Crippen molar-refractivity contribution in [1.29, 1.82) is 0 Å². The predicted octanol–water partition coefficient (Wildman–Crippen LogP) is 9.00. The molecule has 0 unspecified atom stereocenters. The lowest BCUT2D eigenvalue weighted by Crippen LogP contribution is -2.14. The van der Waals surface area contributed by atoms with Crippen molar-refractivity contribution in [3.8, 4) is 44.2 Å². The van der Waals surface area contributed by atoms with Crippen molar-refractivity contribution in [3.63, 3.8) is 0 Å². The first-order valence-electron chi connectivity index (χ1n) is 12.3. The third-order valence-corrected chi connectivity index (χ3v) is 8.26. The number of fused-ring (bicyclic) bond motifs is 4. The van der Waals surface area contributed by atoms with Crippen LogP contribution in [0.1, 0.15) is 25.0 Å². The summed E-state index contributed by atoms with van der Waals surface area (Å²) in [5.74, 6) is 0.801. The van der Waals surface area contributed by atoms with Crippen LogP contribution in [0.3, 0.4) is 0 Å². The Kier molecular flexibility index (Phi) is 4.70. The van der Waals surface area contributed by atoms with Gasteiger partial charge in [-0.15, -0.1) is 0 Å². The summed E-state index contributed by atoms with van der Waals surface area (Å²) in [5.41, 5.74) is 9.93. The Hall–Kier alpha value is -4.08. The van der Waals surface area contributed by atoms with E-state index in [1.807, 2.05) is 0 Å². The van der Waals surface area contributed by atoms with Gasteiger partial charge in [-0.3, -0.25) is 0 Å². The highest BCUT2D eigenvalue weighted by atomic mass is 32.1. The maximum Gasteiger partial charge on any atom is 0.174 e. The maximum absolute atomic E-state index is 5.11. The number of hydrogen-bond acceptors (Lipinski definition) is 3. The van der Waals surface area contributed by atoms with Gasteiger partial charge in [-0.1, -0.05) is 123 Å². The Balaban J connectivity index is 1.38. The van der Waals surface area contributed by atoms with Gasteiger partial charge in [0, 0.05) is 16.5 Å². The standard InChI is InChI=1S/C33H24N2S/c1-33(2)28-19-7-6-13-26(28)30-27(18-10-20-29(30)33)31-34-32(36-35-31)25-17-9-15-23-22(14-8-16-24(23)25)21-11-4-3-5-12-21/h3-20H,1-2H3. The monoisotopic (exact) mass is 480 g/mol. The van der Waals surface area contributed by atoms with Gasteiger partial charge in [0.15, 0.2) is 5.82 Å². The van der Waals surface area contributed by atoms with Crippen LogP contribution < -0.4 is 0 Å². The summed E-state index contributed by atoms with van der Waals surface area (Å²) < 4.78 is 4.88. The van der Waals surface area contributed by atoms with Gasteiger partial charge in [-0.2, -0.15) is 4.37 Å². The van der Waals surface area contributed by atoms with Crippen molar-refractivity contribution < 1.29 is 0 Å². The highest BCUT2D eigenvalue weighted by Gasteiger charge is 2.37. The minimum absolute atomic E-state index is 0.0374. The summed E-state index contributed by atoms with van der Waals surface area (Å²) >= 11 is 1.48. The van der Waals surface area contributed by atoms with Crippen LogP contribution in [-0.4, -0.2) is 9.36 Å². The molecule has 3 heteroatoms. The van der Waals surface area contributed by atoms with E-state index in [4.69, 9.17) is 9.36 Å².